The van der Waals surface area contributed by atoms with E-state index in [2.05, 4.69) is 10.2 Å². The molecular weight excluding hydrogens is 423 g/mol. The van der Waals surface area contributed by atoms with Crippen molar-refractivity contribution >= 4 is 45.7 Å². The zero-order valence-corrected chi connectivity index (χ0v) is 17.0. The highest BCUT2D eigenvalue weighted by atomic mass is 35.5. The lowest BCUT2D eigenvalue weighted by Crippen LogP contribution is -2.22. The number of nitrogens with one attached hydrogen (secondary N) is 1. The molecule has 0 unspecified atom stereocenters. The fourth-order valence-corrected chi connectivity index (χ4v) is 4.10. The average molecular weight is 437 g/mol. The number of ketones is 2. The number of para-hydroxylation sites is 1. The molecule has 0 radical (unpaired) electrons. The third kappa shape index (κ3) is 2.90. The van der Waals surface area contributed by atoms with Crippen molar-refractivity contribution in [1.82, 2.24) is 10.2 Å². The van der Waals surface area contributed by atoms with Crippen LogP contribution in [-0.4, -0.2) is 28.4 Å². The molecule has 0 saturated carbocycles. The summed E-state index contributed by atoms with van der Waals surface area (Å²) in [6.45, 7) is -0.0375. The Labute approximate surface area is 181 Å². The molecule has 1 aliphatic carbocycles. The molecule has 0 saturated heterocycles. The molecule has 4 aromatic rings. The van der Waals surface area contributed by atoms with Crippen LogP contribution < -0.4 is 4.74 Å². The molecule has 0 amide bonds. The number of aromatic nitrogens is 2. The highest BCUT2D eigenvalue weighted by molar-refractivity contribution is 6.48. The molecule has 0 bridgehead atoms. The Balaban J connectivity index is 1.57. The first-order chi connectivity index (χ1) is 14.5. The lowest BCUT2D eigenvalue weighted by molar-refractivity contribution is 0.0980. The van der Waals surface area contributed by atoms with Crippen LogP contribution in [0.3, 0.4) is 0 Å². The SMILES string of the molecule is O=C1c2ccccc2C(=O)c2c1ccc1c(C(Cl)(Cl)COc3ccccc3)[nH]nc21. The van der Waals surface area contributed by atoms with E-state index in [0.717, 1.165) is 0 Å². The second kappa shape index (κ2) is 6.97. The fraction of sp³-hybridized carbons (Fsp3) is 0.0870. The summed E-state index contributed by atoms with van der Waals surface area (Å²) in [5, 5.41) is 7.70. The van der Waals surface area contributed by atoms with Gasteiger partial charge in [0.25, 0.3) is 0 Å². The van der Waals surface area contributed by atoms with Gasteiger partial charge in [-0.2, -0.15) is 5.10 Å². The molecule has 0 atom stereocenters. The fourth-order valence-electron chi connectivity index (χ4n) is 3.70. The van der Waals surface area contributed by atoms with Crippen LogP contribution in [0.2, 0.25) is 0 Å². The minimum Gasteiger partial charge on any atom is -0.490 e. The smallest absolute Gasteiger partial charge is 0.196 e. The van der Waals surface area contributed by atoms with E-state index in [1.807, 2.05) is 18.2 Å². The Hall–Kier alpha value is -3.15. The zero-order valence-electron chi connectivity index (χ0n) is 15.5. The third-order valence-corrected chi connectivity index (χ3v) is 5.74. The lowest BCUT2D eigenvalue weighted by atomic mass is 9.83. The van der Waals surface area contributed by atoms with Crippen LogP contribution in [0.4, 0.5) is 0 Å². The first-order valence-corrected chi connectivity index (χ1v) is 9.98. The third-order valence-electron chi connectivity index (χ3n) is 5.14. The maximum absolute atomic E-state index is 13.1. The molecule has 1 heterocycles. The minimum absolute atomic E-state index is 0.0375. The van der Waals surface area contributed by atoms with E-state index in [4.69, 9.17) is 27.9 Å². The molecule has 0 spiro atoms. The Bertz CT molecular complexity index is 1310. The number of rotatable bonds is 4. The summed E-state index contributed by atoms with van der Waals surface area (Å²) < 4.78 is 4.26. The van der Waals surface area contributed by atoms with Gasteiger partial charge in [0.2, 0.25) is 0 Å². The summed E-state index contributed by atoms with van der Waals surface area (Å²) in [6.07, 6.45) is 0. The van der Waals surface area contributed by atoms with Gasteiger partial charge in [-0.3, -0.25) is 14.7 Å². The highest BCUT2D eigenvalue weighted by Gasteiger charge is 2.36. The quantitative estimate of drug-likeness (QED) is 0.400. The van der Waals surface area contributed by atoms with Crippen molar-refractivity contribution in [2.45, 2.75) is 4.33 Å². The van der Waals surface area contributed by atoms with Crippen LogP contribution in [0.25, 0.3) is 10.9 Å². The highest BCUT2D eigenvalue weighted by Crippen LogP contribution is 2.40. The topological polar surface area (TPSA) is 72.1 Å². The molecule has 30 heavy (non-hydrogen) atoms. The van der Waals surface area contributed by atoms with Gasteiger partial charge in [-0.15, -0.1) is 0 Å². The van der Waals surface area contributed by atoms with Crippen molar-refractivity contribution in [1.29, 1.82) is 0 Å². The molecule has 5 rings (SSSR count). The van der Waals surface area contributed by atoms with E-state index in [9.17, 15) is 9.59 Å². The monoisotopic (exact) mass is 436 g/mol. The second-order valence-corrected chi connectivity index (χ2v) is 8.48. The van der Waals surface area contributed by atoms with Crippen LogP contribution in [0.1, 0.15) is 37.5 Å². The number of nitrogens with zero attached hydrogens (tertiary/aromatic N) is 1. The van der Waals surface area contributed by atoms with Gasteiger partial charge in [0.05, 0.1) is 11.3 Å². The largest absolute Gasteiger partial charge is 0.490 e. The number of ether oxygens (including phenoxy) is 1. The summed E-state index contributed by atoms with van der Waals surface area (Å²) in [6, 6.07) is 19.3. The lowest BCUT2D eigenvalue weighted by Gasteiger charge is -2.20. The number of aromatic amines is 1. The number of halogens is 2. The molecule has 3 aromatic carbocycles. The van der Waals surface area contributed by atoms with Crippen molar-refractivity contribution in [3.05, 3.63) is 94.7 Å². The van der Waals surface area contributed by atoms with E-state index in [-0.39, 0.29) is 23.7 Å². The molecule has 1 aromatic heterocycles. The Morgan fingerprint density at radius 3 is 2.23 bits per heavy atom. The van der Waals surface area contributed by atoms with Crippen molar-refractivity contribution in [3.63, 3.8) is 0 Å². The zero-order chi connectivity index (χ0) is 20.9. The van der Waals surface area contributed by atoms with Gasteiger partial charge in [-0.25, -0.2) is 0 Å². The maximum Gasteiger partial charge on any atom is 0.196 e. The molecule has 0 aliphatic heterocycles. The molecule has 5 nitrogen and oxygen atoms in total. The molecule has 1 N–H and O–H groups in total. The van der Waals surface area contributed by atoms with E-state index in [0.29, 0.717) is 39.0 Å². The average Bonchev–Trinajstić information content (AvgIpc) is 3.22. The van der Waals surface area contributed by atoms with Crippen molar-refractivity contribution in [2.24, 2.45) is 0 Å². The normalized spacial score (nSPS) is 13.3. The van der Waals surface area contributed by atoms with Crippen LogP contribution in [0.15, 0.2) is 66.7 Å². The Kier molecular flexibility index (Phi) is 4.38. The first-order valence-electron chi connectivity index (χ1n) is 9.23. The molecule has 0 fully saturated rings. The predicted molar refractivity (Wildman–Crippen MR) is 115 cm³/mol. The summed E-state index contributed by atoms with van der Waals surface area (Å²) >= 11 is 13.2. The number of fused-ring (bicyclic) bond motifs is 4. The standard InChI is InChI=1S/C23H14Cl2N2O3/c24-23(25,12-30-13-6-2-1-3-7-13)22-17-11-10-16-18(19(17)26-27-22)21(29)15-9-5-4-8-14(15)20(16)28/h1-11H,12H2,(H,26,27). The number of hydrogen-bond donors (Lipinski definition) is 1. The number of carbonyl (C=O) groups is 2. The number of H-pyrrole nitrogens is 1. The van der Waals surface area contributed by atoms with Crippen LogP contribution in [0.5, 0.6) is 5.75 Å². The number of hydrogen-bond acceptors (Lipinski definition) is 4. The maximum atomic E-state index is 13.1. The van der Waals surface area contributed by atoms with Crippen LogP contribution in [0, 0.1) is 0 Å². The Morgan fingerprint density at radius 2 is 1.50 bits per heavy atom. The summed E-state index contributed by atoms with van der Waals surface area (Å²) in [4.78, 5) is 26.0. The van der Waals surface area contributed by atoms with Gasteiger partial charge in [0.15, 0.2) is 15.9 Å². The minimum atomic E-state index is -1.45. The predicted octanol–water partition coefficient (Wildman–Crippen LogP) is 5.05. The van der Waals surface area contributed by atoms with E-state index in [1.165, 1.54) is 0 Å². The molecule has 148 valence electrons. The summed E-state index contributed by atoms with van der Waals surface area (Å²) in [5.74, 6) is 0.169. The summed E-state index contributed by atoms with van der Waals surface area (Å²) in [5.41, 5.74) is 2.10. The van der Waals surface area contributed by atoms with Gasteiger partial charge in [-0.05, 0) is 18.2 Å². The number of alkyl halides is 2. The number of carbonyl (C=O) groups excluding carboxylic acids is 2. The first kappa shape index (κ1) is 18.9. The van der Waals surface area contributed by atoms with Crippen molar-refractivity contribution in [3.8, 4) is 5.75 Å². The van der Waals surface area contributed by atoms with Crippen molar-refractivity contribution in [2.75, 3.05) is 6.61 Å². The van der Waals surface area contributed by atoms with E-state index in [1.54, 1.807) is 48.5 Å². The summed E-state index contributed by atoms with van der Waals surface area (Å²) in [7, 11) is 0. The van der Waals surface area contributed by atoms with Gasteiger partial charge in [0, 0.05) is 22.1 Å². The van der Waals surface area contributed by atoms with Crippen LogP contribution >= 0.6 is 23.2 Å². The van der Waals surface area contributed by atoms with E-state index < -0.39 is 4.33 Å². The van der Waals surface area contributed by atoms with Crippen molar-refractivity contribution < 1.29 is 14.3 Å². The van der Waals surface area contributed by atoms with Gasteiger partial charge in [0.1, 0.15) is 17.9 Å². The Morgan fingerprint density at radius 1 is 0.833 bits per heavy atom. The molecule has 1 aliphatic rings. The number of benzene rings is 3. The van der Waals surface area contributed by atoms with Crippen LogP contribution in [-0.2, 0) is 4.33 Å². The van der Waals surface area contributed by atoms with Gasteiger partial charge >= 0.3 is 0 Å². The van der Waals surface area contributed by atoms with Gasteiger partial charge < -0.3 is 4.74 Å². The van der Waals surface area contributed by atoms with E-state index >= 15 is 0 Å². The molecular formula is C23H14Cl2N2O3. The van der Waals surface area contributed by atoms with Gasteiger partial charge in [-0.1, -0.05) is 71.7 Å². The second-order valence-electron chi connectivity index (χ2n) is 6.99. The molecule has 7 heteroatoms.